The minimum absolute atomic E-state index is 0.0759. The predicted molar refractivity (Wildman–Crippen MR) is 134 cm³/mol. The molecule has 0 radical (unpaired) electrons. The van der Waals surface area contributed by atoms with Crippen molar-refractivity contribution in [2.24, 2.45) is 0 Å². The number of hydrogen-bond acceptors (Lipinski definition) is 5. The van der Waals surface area contributed by atoms with Crippen LogP contribution in [0.15, 0.2) is 53.3 Å². The monoisotopic (exact) mass is 534 g/mol. The lowest BCUT2D eigenvalue weighted by Gasteiger charge is -2.31. The Hall–Kier alpha value is -3.53. The van der Waals surface area contributed by atoms with E-state index in [1.54, 1.807) is 28.9 Å². The maximum Gasteiger partial charge on any atom is 0.416 e. The van der Waals surface area contributed by atoms with Gasteiger partial charge in [-0.25, -0.2) is 4.98 Å². The maximum atomic E-state index is 13.4. The Kier molecular flexibility index (Phi) is 7.77. The summed E-state index contributed by atoms with van der Waals surface area (Å²) < 4.78 is 40.0. The molecule has 1 aliphatic heterocycles. The van der Waals surface area contributed by atoms with Gasteiger partial charge in [-0.05, 0) is 55.3 Å². The molecule has 0 spiro atoms. The van der Waals surface area contributed by atoms with E-state index in [9.17, 15) is 22.8 Å². The van der Waals surface area contributed by atoms with Crippen molar-refractivity contribution in [3.63, 3.8) is 0 Å². The van der Waals surface area contributed by atoms with Crippen LogP contribution in [0.4, 0.5) is 24.8 Å². The Morgan fingerprint density at radius 2 is 1.81 bits per heavy atom. The number of carbonyl (C=O) groups excluding carboxylic acids is 1. The van der Waals surface area contributed by atoms with Crippen LogP contribution in [-0.2, 0) is 30.4 Å². The molecule has 0 unspecified atom stereocenters. The van der Waals surface area contributed by atoms with Crippen molar-refractivity contribution >= 4 is 29.1 Å². The SMILES string of the molecule is CCN(c1ccc(C(F)(F)F)cc1)c1nc2c(c(=O)n1OC)CN(C(=O)CCc1ccc(Cl)cc1)CC2. The van der Waals surface area contributed by atoms with Crippen LogP contribution >= 0.6 is 11.6 Å². The number of hydrogen-bond donors (Lipinski definition) is 0. The Morgan fingerprint density at radius 3 is 2.41 bits per heavy atom. The van der Waals surface area contributed by atoms with Crippen LogP contribution in [0.5, 0.6) is 0 Å². The van der Waals surface area contributed by atoms with E-state index in [4.69, 9.17) is 16.4 Å². The van der Waals surface area contributed by atoms with Gasteiger partial charge in [0.2, 0.25) is 11.9 Å². The number of aromatic nitrogens is 2. The third kappa shape index (κ3) is 5.74. The Bertz CT molecular complexity index is 1330. The second kappa shape index (κ2) is 10.8. The van der Waals surface area contributed by atoms with E-state index in [-0.39, 0.29) is 18.4 Å². The zero-order chi connectivity index (χ0) is 26.7. The summed E-state index contributed by atoms with van der Waals surface area (Å²) in [5, 5.41) is 0.629. The van der Waals surface area contributed by atoms with Gasteiger partial charge < -0.3 is 14.6 Å². The minimum atomic E-state index is -4.45. The molecule has 2 aromatic carbocycles. The number of anilines is 2. The summed E-state index contributed by atoms with van der Waals surface area (Å²) in [6.45, 7) is 2.64. The van der Waals surface area contributed by atoms with E-state index >= 15 is 0 Å². The molecule has 1 amide bonds. The van der Waals surface area contributed by atoms with Crippen molar-refractivity contribution in [2.75, 3.05) is 25.1 Å². The van der Waals surface area contributed by atoms with Crippen LogP contribution in [0.2, 0.25) is 5.02 Å². The highest BCUT2D eigenvalue weighted by Gasteiger charge is 2.31. The molecule has 7 nitrogen and oxygen atoms in total. The van der Waals surface area contributed by atoms with Crippen LogP contribution in [0.3, 0.4) is 0 Å². The molecule has 3 aromatic rings. The second-order valence-electron chi connectivity index (χ2n) is 8.60. The molecule has 11 heteroatoms. The Balaban J connectivity index is 1.57. The number of benzene rings is 2. The molecule has 1 aromatic heterocycles. The molecule has 196 valence electrons. The number of amides is 1. The topological polar surface area (TPSA) is 67.7 Å². The summed E-state index contributed by atoms with van der Waals surface area (Å²) in [7, 11) is 1.32. The smallest absolute Gasteiger partial charge is 0.411 e. The molecule has 0 fully saturated rings. The lowest BCUT2D eigenvalue weighted by molar-refractivity contribution is -0.137. The molecular weight excluding hydrogens is 509 g/mol. The van der Waals surface area contributed by atoms with Crippen molar-refractivity contribution in [1.29, 1.82) is 0 Å². The zero-order valence-electron chi connectivity index (χ0n) is 20.4. The summed E-state index contributed by atoms with van der Waals surface area (Å²) in [5.41, 5.74) is 1.10. The van der Waals surface area contributed by atoms with Crippen LogP contribution in [0.1, 0.15) is 35.7 Å². The molecule has 1 aliphatic rings. The number of aryl methyl sites for hydroxylation is 1. The third-order valence-corrected chi connectivity index (χ3v) is 6.57. The average Bonchev–Trinajstić information content (AvgIpc) is 2.88. The van der Waals surface area contributed by atoms with E-state index in [0.717, 1.165) is 22.4 Å². The maximum absolute atomic E-state index is 13.4. The third-order valence-electron chi connectivity index (χ3n) is 6.32. The number of carbonyl (C=O) groups is 1. The summed E-state index contributed by atoms with van der Waals surface area (Å²) in [4.78, 5) is 39.5. The number of halogens is 4. The van der Waals surface area contributed by atoms with Crippen molar-refractivity contribution in [1.82, 2.24) is 14.6 Å². The fraction of sp³-hybridized carbons (Fsp3) is 0.346. The average molecular weight is 535 g/mol. The number of rotatable bonds is 7. The van der Waals surface area contributed by atoms with Gasteiger partial charge in [-0.3, -0.25) is 9.59 Å². The Labute approximate surface area is 217 Å². The highest BCUT2D eigenvalue weighted by molar-refractivity contribution is 6.30. The van der Waals surface area contributed by atoms with E-state index in [1.165, 1.54) is 19.2 Å². The van der Waals surface area contributed by atoms with Gasteiger partial charge in [0.25, 0.3) is 5.56 Å². The van der Waals surface area contributed by atoms with E-state index in [1.807, 2.05) is 12.1 Å². The molecule has 4 rings (SSSR count). The molecule has 0 aliphatic carbocycles. The molecule has 0 atom stereocenters. The van der Waals surface area contributed by atoms with Gasteiger partial charge >= 0.3 is 6.18 Å². The van der Waals surface area contributed by atoms with Crippen molar-refractivity contribution in [2.45, 2.75) is 38.9 Å². The van der Waals surface area contributed by atoms with Gasteiger partial charge in [0.15, 0.2) is 0 Å². The molecule has 0 saturated heterocycles. The lowest BCUT2D eigenvalue weighted by Crippen LogP contribution is -2.43. The lowest BCUT2D eigenvalue weighted by atomic mass is 10.0. The summed E-state index contributed by atoms with van der Waals surface area (Å²) in [5.74, 6) is 0.0870. The summed E-state index contributed by atoms with van der Waals surface area (Å²) in [6.07, 6.45) is -3.23. The molecule has 0 N–H and O–H groups in total. The molecule has 0 bridgehead atoms. The highest BCUT2D eigenvalue weighted by atomic mass is 35.5. The molecule has 2 heterocycles. The minimum Gasteiger partial charge on any atom is -0.411 e. The number of fused-ring (bicyclic) bond motifs is 1. The fourth-order valence-corrected chi connectivity index (χ4v) is 4.45. The van der Waals surface area contributed by atoms with E-state index < -0.39 is 17.3 Å². The van der Waals surface area contributed by atoms with Gasteiger partial charge in [0.05, 0.1) is 23.4 Å². The van der Waals surface area contributed by atoms with E-state index in [2.05, 4.69) is 4.98 Å². The fourth-order valence-electron chi connectivity index (χ4n) is 4.32. The van der Waals surface area contributed by atoms with Crippen molar-refractivity contribution < 1.29 is 22.8 Å². The molecule has 0 saturated carbocycles. The van der Waals surface area contributed by atoms with Crippen LogP contribution in [0, 0.1) is 0 Å². The summed E-state index contributed by atoms with van der Waals surface area (Å²) in [6, 6.07) is 11.9. The van der Waals surface area contributed by atoms with Crippen molar-refractivity contribution in [3.8, 4) is 0 Å². The number of nitrogens with zero attached hydrogens (tertiary/aromatic N) is 4. The first kappa shape index (κ1) is 26.5. The van der Waals surface area contributed by atoms with Crippen molar-refractivity contribution in [3.05, 3.63) is 86.3 Å². The van der Waals surface area contributed by atoms with Gasteiger partial charge in [-0.1, -0.05) is 23.7 Å². The highest BCUT2D eigenvalue weighted by Crippen LogP contribution is 2.32. The van der Waals surface area contributed by atoms with E-state index in [0.29, 0.717) is 54.3 Å². The normalized spacial score (nSPS) is 13.3. The van der Waals surface area contributed by atoms with Crippen LogP contribution in [0.25, 0.3) is 0 Å². The largest absolute Gasteiger partial charge is 0.416 e. The van der Waals surface area contributed by atoms with Gasteiger partial charge in [-0.2, -0.15) is 13.2 Å². The van der Waals surface area contributed by atoms with Gasteiger partial charge in [0, 0.05) is 36.6 Å². The quantitative estimate of drug-likeness (QED) is 0.441. The van der Waals surface area contributed by atoms with Gasteiger partial charge in [0.1, 0.15) is 7.11 Å². The zero-order valence-corrected chi connectivity index (χ0v) is 21.1. The second-order valence-corrected chi connectivity index (χ2v) is 9.04. The first-order valence-corrected chi connectivity index (χ1v) is 12.2. The number of alkyl halides is 3. The Morgan fingerprint density at radius 1 is 1.14 bits per heavy atom. The molecular formula is C26H26ClF3N4O3. The van der Waals surface area contributed by atoms with Crippen LogP contribution in [-0.4, -0.2) is 40.7 Å². The molecule has 37 heavy (non-hydrogen) atoms. The predicted octanol–water partition coefficient (Wildman–Crippen LogP) is 4.65. The van der Waals surface area contributed by atoms with Gasteiger partial charge in [-0.15, -0.1) is 4.73 Å². The first-order chi connectivity index (χ1) is 17.6. The summed E-state index contributed by atoms with van der Waals surface area (Å²) >= 11 is 5.91. The first-order valence-electron chi connectivity index (χ1n) is 11.8. The standard InChI is InChI=1S/C26H26ClF3N4O3/c1-3-33(20-11-7-18(8-12-20)26(28,29)30)25-31-22-14-15-32(16-21(22)24(36)34(25)37-2)23(35)13-6-17-4-9-19(27)10-5-17/h4-5,7-12H,3,6,13-16H2,1-2H3. The van der Waals surface area contributed by atoms with Crippen LogP contribution < -0.4 is 15.3 Å².